The molecule has 0 aliphatic carbocycles. The number of halogens is 3. The van der Waals surface area contributed by atoms with Gasteiger partial charge in [0, 0.05) is 24.8 Å². The molecule has 39 heavy (non-hydrogen) atoms. The van der Waals surface area contributed by atoms with Crippen LogP contribution in [-0.4, -0.2) is 53.3 Å². The molecule has 0 spiro atoms. The summed E-state index contributed by atoms with van der Waals surface area (Å²) in [7, 11) is -2.80. The zero-order valence-corrected chi connectivity index (χ0v) is 24.1. The molecule has 4 rings (SSSR count). The van der Waals surface area contributed by atoms with Crippen molar-refractivity contribution in [3.8, 4) is 5.75 Å². The molecule has 1 amide bonds. The standard InChI is InChI=1S/C28H34F3N4O3P/c1-15-13-35(19(5)36)14-25(15)38-24-11-21-23(12-26(24)39(6,7)37)33-18(4)34-27(21)32-17(3)20-9-8-10-22(16(20)2)28(29,30)31/h8-12,15,17,25H,13-14H2,1-7H3,(H,32,33,34)/t15-,17?,25+/m0/s1. The van der Waals surface area contributed by atoms with Crippen LogP contribution in [0.5, 0.6) is 5.75 Å². The second-order valence-corrected chi connectivity index (χ2v) is 13.9. The summed E-state index contributed by atoms with van der Waals surface area (Å²) < 4.78 is 60.3. The molecule has 2 heterocycles. The number of hydrogen-bond donors (Lipinski definition) is 1. The molecule has 1 N–H and O–H groups in total. The lowest BCUT2D eigenvalue weighted by molar-refractivity contribution is -0.138. The van der Waals surface area contributed by atoms with E-state index in [0.29, 0.717) is 52.3 Å². The van der Waals surface area contributed by atoms with Gasteiger partial charge in [0.05, 0.1) is 29.0 Å². The first-order valence-electron chi connectivity index (χ1n) is 12.8. The monoisotopic (exact) mass is 562 g/mol. The highest BCUT2D eigenvalue weighted by Gasteiger charge is 2.35. The van der Waals surface area contributed by atoms with E-state index in [9.17, 15) is 22.5 Å². The zero-order valence-electron chi connectivity index (χ0n) is 23.2. The summed E-state index contributed by atoms with van der Waals surface area (Å²) in [5, 5.41) is 4.41. The first-order valence-corrected chi connectivity index (χ1v) is 15.4. The van der Waals surface area contributed by atoms with E-state index in [1.807, 2.05) is 6.92 Å². The third kappa shape index (κ3) is 6.06. The van der Waals surface area contributed by atoms with Crippen molar-refractivity contribution < 1.29 is 27.3 Å². The maximum Gasteiger partial charge on any atom is 0.416 e. The fourth-order valence-corrected chi connectivity index (χ4v) is 6.19. The molecule has 1 aromatic heterocycles. The van der Waals surface area contributed by atoms with Crippen molar-refractivity contribution in [3.05, 3.63) is 52.8 Å². The average molecular weight is 563 g/mol. The molecule has 3 aromatic rings. The van der Waals surface area contributed by atoms with Crippen LogP contribution >= 0.6 is 7.14 Å². The lowest BCUT2D eigenvalue weighted by Crippen LogP contribution is -2.30. The van der Waals surface area contributed by atoms with Crippen LogP contribution in [0, 0.1) is 19.8 Å². The summed E-state index contributed by atoms with van der Waals surface area (Å²) in [5.41, 5.74) is 0.520. The number of alkyl halides is 3. The summed E-state index contributed by atoms with van der Waals surface area (Å²) in [5.74, 6) is 1.36. The Balaban J connectivity index is 1.78. The fourth-order valence-electron chi connectivity index (χ4n) is 5.11. The van der Waals surface area contributed by atoms with Gasteiger partial charge in [-0.2, -0.15) is 13.2 Å². The minimum absolute atomic E-state index is 0.0300. The van der Waals surface area contributed by atoms with Crippen LogP contribution in [0.4, 0.5) is 19.0 Å². The smallest absolute Gasteiger partial charge is 0.416 e. The van der Waals surface area contributed by atoms with Crippen LogP contribution in [0.15, 0.2) is 30.3 Å². The van der Waals surface area contributed by atoms with Crippen molar-refractivity contribution >= 4 is 35.1 Å². The van der Waals surface area contributed by atoms with E-state index < -0.39 is 24.9 Å². The third-order valence-electron chi connectivity index (χ3n) is 7.24. The molecule has 210 valence electrons. The van der Waals surface area contributed by atoms with Crippen LogP contribution < -0.4 is 15.4 Å². The summed E-state index contributed by atoms with van der Waals surface area (Å²) in [6.45, 7) is 12.8. The zero-order chi connectivity index (χ0) is 28.9. The molecule has 0 bridgehead atoms. The van der Waals surface area contributed by atoms with Crippen molar-refractivity contribution in [1.29, 1.82) is 0 Å². The van der Waals surface area contributed by atoms with Crippen molar-refractivity contribution in [2.45, 2.75) is 52.9 Å². The molecule has 3 atom stereocenters. The summed E-state index contributed by atoms with van der Waals surface area (Å²) in [6, 6.07) is 7.13. The van der Waals surface area contributed by atoms with Gasteiger partial charge in [0.2, 0.25) is 5.91 Å². The molecule has 0 saturated carbocycles. The molecule has 11 heteroatoms. The van der Waals surface area contributed by atoms with Gasteiger partial charge in [-0.25, -0.2) is 9.97 Å². The lowest BCUT2D eigenvalue weighted by atomic mass is 9.97. The van der Waals surface area contributed by atoms with Crippen LogP contribution in [0.1, 0.15) is 49.3 Å². The van der Waals surface area contributed by atoms with Gasteiger partial charge in [-0.3, -0.25) is 4.79 Å². The van der Waals surface area contributed by atoms with E-state index in [4.69, 9.17) is 4.74 Å². The van der Waals surface area contributed by atoms with Crippen molar-refractivity contribution in [2.75, 3.05) is 31.7 Å². The lowest BCUT2D eigenvalue weighted by Gasteiger charge is -2.23. The number of aromatic nitrogens is 2. The van der Waals surface area contributed by atoms with Gasteiger partial charge in [-0.15, -0.1) is 0 Å². The number of ether oxygens (including phenoxy) is 1. The summed E-state index contributed by atoms with van der Waals surface area (Å²) in [4.78, 5) is 22.8. The maximum atomic E-state index is 13.5. The number of hydrogen-bond acceptors (Lipinski definition) is 6. The Hall–Kier alpha value is -3.13. The Kier molecular flexibility index (Phi) is 7.74. The van der Waals surface area contributed by atoms with Crippen molar-refractivity contribution in [3.63, 3.8) is 0 Å². The van der Waals surface area contributed by atoms with Gasteiger partial charge in [0.25, 0.3) is 0 Å². The van der Waals surface area contributed by atoms with Crippen molar-refractivity contribution in [1.82, 2.24) is 14.9 Å². The van der Waals surface area contributed by atoms with E-state index in [0.717, 1.165) is 6.07 Å². The second-order valence-electron chi connectivity index (χ2n) is 10.7. The number of aryl methyl sites for hydroxylation is 1. The predicted molar refractivity (Wildman–Crippen MR) is 147 cm³/mol. The third-order valence-corrected chi connectivity index (χ3v) is 8.75. The van der Waals surface area contributed by atoms with Gasteiger partial charge in [0.1, 0.15) is 30.6 Å². The highest BCUT2D eigenvalue weighted by Crippen LogP contribution is 2.42. The Morgan fingerprint density at radius 1 is 1.18 bits per heavy atom. The Morgan fingerprint density at radius 2 is 1.87 bits per heavy atom. The molecule has 1 unspecified atom stereocenters. The number of rotatable bonds is 6. The quantitative estimate of drug-likeness (QED) is 0.375. The number of carbonyl (C=O) groups excluding carboxylic acids is 1. The minimum atomic E-state index is -4.45. The Morgan fingerprint density at radius 3 is 2.46 bits per heavy atom. The summed E-state index contributed by atoms with van der Waals surface area (Å²) >= 11 is 0. The van der Waals surface area contributed by atoms with E-state index in [1.165, 1.54) is 19.9 Å². The Bertz CT molecular complexity index is 1470. The topological polar surface area (TPSA) is 84.4 Å². The molecule has 0 radical (unpaired) electrons. The molecule has 1 saturated heterocycles. The van der Waals surface area contributed by atoms with E-state index in [1.54, 1.807) is 50.3 Å². The molecule has 1 fully saturated rings. The minimum Gasteiger partial charge on any atom is -0.487 e. The van der Waals surface area contributed by atoms with E-state index in [-0.39, 0.29) is 23.5 Å². The number of carbonyl (C=O) groups is 1. The van der Waals surface area contributed by atoms with Crippen LogP contribution in [0.25, 0.3) is 10.9 Å². The SMILES string of the molecule is CC(=O)N1C[C@H](C)[C@H](Oc2cc3c(NC(C)c4cccc(C(F)(F)F)c4C)nc(C)nc3cc2P(C)(C)=O)C1. The van der Waals surface area contributed by atoms with Crippen LogP contribution in [0.2, 0.25) is 0 Å². The predicted octanol–water partition coefficient (Wildman–Crippen LogP) is 5.93. The van der Waals surface area contributed by atoms with Crippen molar-refractivity contribution in [2.24, 2.45) is 5.92 Å². The molecule has 7 nitrogen and oxygen atoms in total. The number of likely N-dealkylation sites (tertiary alicyclic amines) is 1. The van der Waals surface area contributed by atoms with Gasteiger partial charge in [-0.05, 0) is 63.4 Å². The van der Waals surface area contributed by atoms with Crippen LogP contribution in [-0.2, 0) is 15.5 Å². The van der Waals surface area contributed by atoms with E-state index in [2.05, 4.69) is 15.3 Å². The Labute approximate surface area is 226 Å². The number of nitrogens with one attached hydrogen (secondary N) is 1. The molecule has 2 aromatic carbocycles. The van der Waals surface area contributed by atoms with Gasteiger partial charge in [-0.1, -0.05) is 19.1 Å². The first-order chi connectivity index (χ1) is 18.1. The highest BCUT2D eigenvalue weighted by molar-refractivity contribution is 7.70. The number of amides is 1. The molecule has 1 aliphatic heterocycles. The maximum absolute atomic E-state index is 13.5. The first kappa shape index (κ1) is 28.9. The largest absolute Gasteiger partial charge is 0.487 e. The number of nitrogens with zero attached hydrogens (tertiary/aromatic N) is 3. The normalized spacial score (nSPS) is 18.9. The second kappa shape index (κ2) is 10.5. The summed E-state index contributed by atoms with van der Waals surface area (Å²) in [6.07, 6.45) is -4.74. The van der Waals surface area contributed by atoms with Gasteiger partial charge >= 0.3 is 6.18 Å². The molecule has 1 aliphatic rings. The average Bonchev–Trinajstić information content (AvgIpc) is 3.18. The number of fused-ring (bicyclic) bond motifs is 1. The highest BCUT2D eigenvalue weighted by atomic mass is 31.2. The fraction of sp³-hybridized carbons (Fsp3) is 0.464. The van der Waals surface area contributed by atoms with Gasteiger partial charge in [0.15, 0.2) is 0 Å². The molecular formula is C28H34F3N4O3P. The van der Waals surface area contributed by atoms with Gasteiger partial charge < -0.3 is 19.5 Å². The number of anilines is 1. The van der Waals surface area contributed by atoms with E-state index >= 15 is 0 Å². The molecular weight excluding hydrogens is 528 g/mol. The number of benzene rings is 2. The van der Waals surface area contributed by atoms with Crippen LogP contribution in [0.3, 0.4) is 0 Å².